The second-order valence-corrected chi connectivity index (χ2v) is 7.59. The van der Waals surface area contributed by atoms with Crippen molar-refractivity contribution in [1.29, 1.82) is 0 Å². The Bertz CT molecular complexity index is 1160. The van der Waals surface area contributed by atoms with Crippen LogP contribution in [0.4, 0.5) is 34.9 Å². The number of para-hydroxylation sites is 2. The molecule has 0 fully saturated rings. The van der Waals surface area contributed by atoms with Gasteiger partial charge in [-0.1, -0.05) is 54.1 Å². The molecule has 1 aromatic heterocycles. The molecule has 0 aliphatic carbocycles. The fourth-order valence-electron chi connectivity index (χ4n) is 2.93. The smallest absolute Gasteiger partial charge is 0.246 e. The van der Waals surface area contributed by atoms with Crippen molar-refractivity contribution in [3.05, 3.63) is 90.0 Å². The van der Waals surface area contributed by atoms with Crippen LogP contribution in [0.5, 0.6) is 0 Å². The largest absolute Gasteiger partial charge is 0.342 e. The van der Waals surface area contributed by atoms with E-state index in [1.807, 2.05) is 60.7 Å². The van der Waals surface area contributed by atoms with E-state index in [2.05, 4.69) is 36.2 Å². The molecule has 4 N–H and O–H groups in total. The maximum atomic E-state index is 12.7. The van der Waals surface area contributed by atoms with Crippen LogP contribution in [-0.4, -0.2) is 26.9 Å². The first-order valence-corrected chi connectivity index (χ1v) is 10.7. The van der Waals surface area contributed by atoms with Crippen molar-refractivity contribution in [2.24, 2.45) is 0 Å². The van der Waals surface area contributed by atoms with Gasteiger partial charge in [0.25, 0.3) is 0 Å². The molecular weight excluding hydrogens is 438 g/mol. The van der Waals surface area contributed by atoms with Gasteiger partial charge >= 0.3 is 0 Å². The number of carbonyl (C=O) groups is 1. The van der Waals surface area contributed by atoms with Crippen LogP contribution in [-0.2, 0) is 4.79 Å². The van der Waals surface area contributed by atoms with Gasteiger partial charge in [0.1, 0.15) is 6.04 Å². The highest BCUT2D eigenvalue weighted by molar-refractivity contribution is 6.30. The van der Waals surface area contributed by atoms with Gasteiger partial charge in [0.15, 0.2) is 0 Å². The van der Waals surface area contributed by atoms with E-state index in [1.54, 1.807) is 31.2 Å². The van der Waals surface area contributed by atoms with Crippen LogP contribution in [0.2, 0.25) is 5.02 Å². The summed E-state index contributed by atoms with van der Waals surface area (Å²) in [5.41, 5.74) is 2.26. The van der Waals surface area contributed by atoms with E-state index in [0.29, 0.717) is 22.6 Å². The number of nitrogens with zero attached hydrogens (tertiary/aromatic N) is 3. The van der Waals surface area contributed by atoms with Crippen LogP contribution in [0.3, 0.4) is 0 Å². The zero-order valence-corrected chi connectivity index (χ0v) is 18.5. The highest BCUT2D eigenvalue weighted by Crippen LogP contribution is 2.19. The van der Waals surface area contributed by atoms with Crippen molar-refractivity contribution in [2.45, 2.75) is 13.0 Å². The van der Waals surface area contributed by atoms with Crippen molar-refractivity contribution in [3.8, 4) is 0 Å². The van der Waals surface area contributed by atoms with Crippen molar-refractivity contribution >= 4 is 52.4 Å². The summed E-state index contributed by atoms with van der Waals surface area (Å²) >= 11 is 6.00. The molecule has 1 amide bonds. The minimum Gasteiger partial charge on any atom is -0.342 e. The monoisotopic (exact) mass is 459 g/mol. The van der Waals surface area contributed by atoms with Crippen LogP contribution in [0.15, 0.2) is 84.9 Å². The Morgan fingerprint density at radius 2 is 1.24 bits per heavy atom. The highest BCUT2D eigenvalue weighted by Gasteiger charge is 2.16. The average Bonchev–Trinajstić information content (AvgIpc) is 2.80. The summed E-state index contributed by atoms with van der Waals surface area (Å²) in [5.74, 6) is 0.655. The summed E-state index contributed by atoms with van der Waals surface area (Å²) in [5, 5.41) is 12.7. The van der Waals surface area contributed by atoms with E-state index in [4.69, 9.17) is 11.6 Å². The molecule has 0 bridgehead atoms. The first-order chi connectivity index (χ1) is 16.0. The predicted molar refractivity (Wildman–Crippen MR) is 132 cm³/mol. The summed E-state index contributed by atoms with van der Waals surface area (Å²) < 4.78 is 0. The van der Waals surface area contributed by atoms with Gasteiger partial charge in [-0.3, -0.25) is 4.79 Å². The summed E-state index contributed by atoms with van der Waals surface area (Å²) in [4.78, 5) is 26.0. The van der Waals surface area contributed by atoms with Crippen molar-refractivity contribution < 1.29 is 4.79 Å². The first-order valence-electron chi connectivity index (χ1n) is 10.3. The van der Waals surface area contributed by atoms with Gasteiger partial charge < -0.3 is 21.3 Å². The van der Waals surface area contributed by atoms with Crippen LogP contribution in [0.25, 0.3) is 0 Å². The van der Waals surface area contributed by atoms with Crippen LogP contribution < -0.4 is 21.3 Å². The number of halogens is 1. The minimum absolute atomic E-state index is 0.246. The lowest BCUT2D eigenvalue weighted by Crippen LogP contribution is -2.32. The standard InChI is InChI=1S/C24H22ClN7O/c1-16(21(33)27-20-14-8-9-17(25)15-20)26-22-30-23(28-18-10-4-2-5-11-18)32-24(31-22)29-19-12-6-3-7-13-19/h2-16H,1H3,(H,27,33)(H3,26,28,29,30,31,32). The summed E-state index contributed by atoms with van der Waals surface area (Å²) in [6.45, 7) is 1.72. The Morgan fingerprint density at radius 1 is 0.727 bits per heavy atom. The van der Waals surface area contributed by atoms with Crippen molar-refractivity contribution in [3.63, 3.8) is 0 Å². The maximum absolute atomic E-state index is 12.7. The zero-order valence-electron chi connectivity index (χ0n) is 17.8. The third kappa shape index (κ3) is 6.41. The maximum Gasteiger partial charge on any atom is 0.246 e. The number of nitrogens with one attached hydrogen (secondary N) is 4. The summed E-state index contributed by atoms with van der Waals surface area (Å²) in [6.07, 6.45) is 0. The number of carbonyl (C=O) groups excluding carboxylic acids is 1. The number of aromatic nitrogens is 3. The average molecular weight is 460 g/mol. The molecule has 8 nitrogen and oxygen atoms in total. The van der Waals surface area contributed by atoms with Gasteiger partial charge in [0.2, 0.25) is 23.8 Å². The Labute approximate surface area is 196 Å². The lowest BCUT2D eigenvalue weighted by molar-refractivity contribution is -0.116. The molecule has 0 aliphatic heterocycles. The molecule has 33 heavy (non-hydrogen) atoms. The van der Waals surface area contributed by atoms with Gasteiger partial charge in [0.05, 0.1) is 0 Å². The summed E-state index contributed by atoms with van der Waals surface area (Å²) in [7, 11) is 0. The quantitative estimate of drug-likeness (QED) is 0.277. The molecule has 3 aromatic carbocycles. The molecule has 0 spiro atoms. The molecule has 0 aliphatic rings. The van der Waals surface area contributed by atoms with Gasteiger partial charge in [-0.25, -0.2) is 0 Å². The fourth-order valence-corrected chi connectivity index (χ4v) is 3.12. The van der Waals surface area contributed by atoms with Gasteiger partial charge in [-0.15, -0.1) is 0 Å². The molecule has 4 rings (SSSR count). The molecule has 0 saturated carbocycles. The third-order valence-corrected chi connectivity index (χ3v) is 4.76. The number of anilines is 6. The Morgan fingerprint density at radius 3 is 1.79 bits per heavy atom. The molecule has 0 radical (unpaired) electrons. The van der Waals surface area contributed by atoms with E-state index in [0.717, 1.165) is 11.4 Å². The third-order valence-electron chi connectivity index (χ3n) is 4.53. The van der Waals surface area contributed by atoms with Crippen LogP contribution in [0.1, 0.15) is 6.92 Å². The van der Waals surface area contributed by atoms with E-state index in [-0.39, 0.29) is 11.9 Å². The number of benzene rings is 3. The lowest BCUT2D eigenvalue weighted by atomic mass is 10.2. The van der Waals surface area contributed by atoms with E-state index >= 15 is 0 Å². The Kier molecular flexibility index (Phi) is 6.96. The van der Waals surface area contributed by atoms with E-state index < -0.39 is 6.04 Å². The second kappa shape index (κ2) is 10.4. The van der Waals surface area contributed by atoms with E-state index in [9.17, 15) is 4.79 Å². The zero-order chi connectivity index (χ0) is 23.0. The van der Waals surface area contributed by atoms with Crippen LogP contribution in [0, 0.1) is 0 Å². The van der Waals surface area contributed by atoms with E-state index in [1.165, 1.54) is 0 Å². The molecule has 1 unspecified atom stereocenters. The van der Waals surface area contributed by atoms with Gasteiger partial charge in [0, 0.05) is 22.1 Å². The molecule has 0 saturated heterocycles. The highest BCUT2D eigenvalue weighted by atomic mass is 35.5. The predicted octanol–water partition coefficient (Wildman–Crippen LogP) is 5.45. The molecular formula is C24H22ClN7O. The molecule has 4 aromatic rings. The Balaban J connectivity index is 1.54. The van der Waals surface area contributed by atoms with Gasteiger partial charge in [-0.05, 0) is 49.4 Å². The lowest BCUT2D eigenvalue weighted by Gasteiger charge is -2.16. The van der Waals surface area contributed by atoms with Crippen molar-refractivity contribution in [2.75, 3.05) is 21.3 Å². The molecule has 1 heterocycles. The topological polar surface area (TPSA) is 104 Å². The first kappa shape index (κ1) is 22.0. The Hall–Kier alpha value is -4.17. The normalized spacial score (nSPS) is 11.3. The minimum atomic E-state index is -0.625. The summed E-state index contributed by atoms with van der Waals surface area (Å²) in [6, 6.07) is 25.4. The molecule has 166 valence electrons. The second-order valence-electron chi connectivity index (χ2n) is 7.15. The number of rotatable bonds is 8. The van der Waals surface area contributed by atoms with Crippen molar-refractivity contribution in [1.82, 2.24) is 15.0 Å². The van der Waals surface area contributed by atoms with Crippen LogP contribution >= 0.6 is 11.6 Å². The van der Waals surface area contributed by atoms with Gasteiger partial charge in [-0.2, -0.15) is 15.0 Å². The molecule has 1 atom stereocenters. The number of hydrogen-bond donors (Lipinski definition) is 4. The SMILES string of the molecule is CC(Nc1nc(Nc2ccccc2)nc(Nc2ccccc2)n1)C(=O)Nc1cccc(Cl)c1. The number of hydrogen-bond acceptors (Lipinski definition) is 7. The fraction of sp³-hybridized carbons (Fsp3) is 0.0833. The number of amides is 1. The molecule has 9 heteroatoms.